The van der Waals surface area contributed by atoms with E-state index in [0.29, 0.717) is 6.04 Å². The van der Waals surface area contributed by atoms with Gasteiger partial charge in [-0.25, -0.2) is 9.97 Å². The third-order valence-electron chi connectivity index (χ3n) is 7.21. The van der Waals surface area contributed by atoms with Crippen molar-refractivity contribution in [2.24, 2.45) is 0 Å². The molecular weight excluding hydrogens is 380 g/mol. The van der Waals surface area contributed by atoms with E-state index in [1.165, 1.54) is 29.5 Å². The molecule has 0 amide bonds. The molecule has 1 fully saturated rings. The molecule has 1 aromatic carbocycles. The fourth-order valence-corrected chi connectivity index (χ4v) is 5.25. The molecule has 2 heterocycles. The molecular formula is C27H40N4. The molecule has 1 saturated heterocycles. The lowest BCUT2D eigenvalue weighted by molar-refractivity contribution is 0.316. The highest BCUT2D eigenvalue weighted by atomic mass is 15.3. The number of hydrogen-bond donors (Lipinski definition) is 1. The minimum absolute atomic E-state index is 0.165. The Morgan fingerprint density at radius 1 is 0.935 bits per heavy atom. The zero-order valence-electron chi connectivity index (χ0n) is 20.5. The predicted molar refractivity (Wildman–Crippen MR) is 131 cm³/mol. The van der Waals surface area contributed by atoms with Gasteiger partial charge in [0.2, 0.25) is 5.95 Å². The first-order valence-corrected chi connectivity index (χ1v) is 12.0. The minimum Gasteiger partial charge on any atom is -0.341 e. The lowest BCUT2D eigenvalue weighted by atomic mass is 9.63. The summed E-state index contributed by atoms with van der Waals surface area (Å²) in [5.74, 6) is 0.865. The van der Waals surface area contributed by atoms with Crippen LogP contribution in [-0.2, 0) is 10.8 Å². The first-order valence-electron chi connectivity index (χ1n) is 12.0. The van der Waals surface area contributed by atoms with Crippen molar-refractivity contribution in [3.05, 3.63) is 41.6 Å². The van der Waals surface area contributed by atoms with Crippen molar-refractivity contribution in [3.8, 4) is 11.3 Å². The van der Waals surface area contributed by atoms with E-state index in [1.54, 1.807) is 0 Å². The van der Waals surface area contributed by atoms with Gasteiger partial charge in [0.05, 0.1) is 5.69 Å². The summed E-state index contributed by atoms with van der Waals surface area (Å²) in [6, 6.07) is 9.62. The van der Waals surface area contributed by atoms with Crippen molar-refractivity contribution in [2.45, 2.75) is 96.6 Å². The molecule has 2 aliphatic rings. The molecule has 2 aromatic rings. The molecule has 1 aliphatic carbocycles. The maximum atomic E-state index is 4.99. The van der Waals surface area contributed by atoms with Crippen LogP contribution in [0.4, 0.5) is 5.95 Å². The van der Waals surface area contributed by atoms with Gasteiger partial charge < -0.3 is 10.2 Å². The average Bonchev–Trinajstić information content (AvgIpc) is 2.71. The molecule has 0 spiro atoms. The van der Waals surface area contributed by atoms with Gasteiger partial charge in [-0.3, -0.25) is 0 Å². The fraction of sp³-hybridized carbons (Fsp3) is 0.630. The molecule has 0 atom stereocenters. The molecule has 1 aromatic heterocycles. The molecule has 4 heteroatoms. The average molecular weight is 421 g/mol. The van der Waals surface area contributed by atoms with Crippen molar-refractivity contribution in [2.75, 3.05) is 18.0 Å². The topological polar surface area (TPSA) is 41.0 Å². The maximum absolute atomic E-state index is 4.99. The molecule has 1 aliphatic heterocycles. The van der Waals surface area contributed by atoms with E-state index in [9.17, 15) is 0 Å². The molecule has 31 heavy (non-hydrogen) atoms. The Bertz CT molecular complexity index is 930. The summed E-state index contributed by atoms with van der Waals surface area (Å²) in [6.45, 7) is 18.2. The SMILES string of the molecule is CC(C)(C)NC1CCN(c2nccc(-c3ccc4c(c3)C(C)(C)CCC4(C)C)n2)CC1. The number of nitrogens with one attached hydrogen (secondary N) is 1. The van der Waals surface area contributed by atoms with Gasteiger partial charge in [0.25, 0.3) is 0 Å². The number of nitrogens with zero attached hydrogens (tertiary/aromatic N) is 3. The molecule has 0 unspecified atom stereocenters. The molecule has 4 rings (SSSR count). The van der Waals surface area contributed by atoms with E-state index in [0.717, 1.165) is 37.6 Å². The summed E-state index contributed by atoms with van der Waals surface area (Å²) in [7, 11) is 0. The van der Waals surface area contributed by atoms with Crippen molar-refractivity contribution in [1.29, 1.82) is 0 Å². The fourth-order valence-electron chi connectivity index (χ4n) is 5.25. The van der Waals surface area contributed by atoms with E-state index in [2.05, 4.69) is 87.9 Å². The van der Waals surface area contributed by atoms with Crippen molar-refractivity contribution in [3.63, 3.8) is 0 Å². The van der Waals surface area contributed by atoms with Crippen LogP contribution in [0.15, 0.2) is 30.5 Å². The minimum atomic E-state index is 0.165. The number of aromatic nitrogens is 2. The summed E-state index contributed by atoms with van der Waals surface area (Å²) < 4.78 is 0. The molecule has 0 bridgehead atoms. The second-order valence-electron chi connectivity index (χ2n) is 11.9. The standard InChI is InChI=1S/C27H40N4/c1-25(2,3)30-20-11-16-31(17-12-20)24-28-15-10-23(29-24)19-8-9-21-22(18-19)27(6,7)14-13-26(21,4)5/h8-10,15,18,20,30H,11-14,16-17H2,1-7H3. The normalized spacial score (nSPS) is 21.1. The monoisotopic (exact) mass is 420 g/mol. The van der Waals surface area contributed by atoms with Crippen molar-refractivity contribution >= 4 is 5.95 Å². The first kappa shape index (κ1) is 22.3. The van der Waals surface area contributed by atoms with Crippen LogP contribution in [0.1, 0.15) is 85.3 Å². The summed E-state index contributed by atoms with van der Waals surface area (Å²) in [4.78, 5) is 12.0. The number of anilines is 1. The number of hydrogen-bond acceptors (Lipinski definition) is 4. The highest BCUT2D eigenvalue weighted by Crippen LogP contribution is 2.46. The lowest BCUT2D eigenvalue weighted by Gasteiger charge is -2.42. The van der Waals surface area contributed by atoms with Crippen LogP contribution in [-0.4, -0.2) is 34.6 Å². The Labute approximate surface area is 188 Å². The largest absolute Gasteiger partial charge is 0.341 e. The highest BCUT2D eigenvalue weighted by molar-refractivity contribution is 5.64. The highest BCUT2D eigenvalue weighted by Gasteiger charge is 2.37. The summed E-state index contributed by atoms with van der Waals surface area (Å²) in [5, 5.41) is 3.74. The quantitative estimate of drug-likeness (QED) is 0.676. The summed E-state index contributed by atoms with van der Waals surface area (Å²) in [6.07, 6.45) is 6.65. The van der Waals surface area contributed by atoms with Crippen LogP contribution in [0.5, 0.6) is 0 Å². The van der Waals surface area contributed by atoms with Crippen LogP contribution in [0.25, 0.3) is 11.3 Å². The molecule has 4 nitrogen and oxygen atoms in total. The third kappa shape index (κ3) is 4.79. The number of rotatable bonds is 3. The molecule has 168 valence electrons. The number of fused-ring (bicyclic) bond motifs is 1. The Morgan fingerprint density at radius 2 is 1.58 bits per heavy atom. The Kier molecular flexibility index (Phi) is 5.66. The lowest BCUT2D eigenvalue weighted by Crippen LogP contribution is -2.49. The van der Waals surface area contributed by atoms with Gasteiger partial charge in [0, 0.05) is 36.4 Å². The summed E-state index contributed by atoms with van der Waals surface area (Å²) >= 11 is 0. The van der Waals surface area contributed by atoms with Crippen molar-refractivity contribution < 1.29 is 0 Å². The smallest absolute Gasteiger partial charge is 0.225 e. The van der Waals surface area contributed by atoms with E-state index < -0.39 is 0 Å². The Hall–Kier alpha value is -1.94. The molecule has 0 saturated carbocycles. The first-order chi connectivity index (χ1) is 14.4. The zero-order valence-corrected chi connectivity index (χ0v) is 20.5. The van der Waals surface area contributed by atoms with Gasteiger partial charge in [-0.15, -0.1) is 0 Å². The van der Waals surface area contributed by atoms with Gasteiger partial charge in [-0.2, -0.15) is 0 Å². The number of benzene rings is 1. The van der Waals surface area contributed by atoms with Crippen LogP contribution in [0.3, 0.4) is 0 Å². The second-order valence-corrected chi connectivity index (χ2v) is 11.9. The van der Waals surface area contributed by atoms with Gasteiger partial charge in [0.1, 0.15) is 0 Å². The zero-order chi connectivity index (χ0) is 22.4. The van der Waals surface area contributed by atoms with Crippen LogP contribution < -0.4 is 10.2 Å². The van der Waals surface area contributed by atoms with Gasteiger partial charge in [-0.05, 0) is 80.5 Å². The van der Waals surface area contributed by atoms with Crippen LogP contribution in [0, 0.1) is 0 Å². The van der Waals surface area contributed by atoms with Gasteiger partial charge in [0.15, 0.2) is 0 Å². The van der Waals surface area contributed by atoms with Crippen LogP contribution >= 0.6 is 0 Å². The second kappa shape index (κ2) is 7.88. The van der Waals surface area contributed by atoms with Gasteiger partial charge in [-0.1, -0.05) is 39.8 Å². The van der Waals surface area contributed by atoms with E-state index in [-0.39, 0.29) is 16.4 Å². The maximum Gasteiger partial charge on any atom is 0.225 e. The van der Waals surface area contributed by atoms with E-state index in [4.69, 9.17) is 4.98 Å². The molecule has 0 radical (unpaired) electrons. The predicted octanol–water partition coefficient (Wildman–Crippen LogP) is 5.85. The Balaban J connectivity index is 1.56. The number of piperidine rings is 1. The third-order valence-corrected chi connectivity index (χ3v) is 7.21. The van der Waals surface area contributed by atoms with Crippen LogP contribution in [0.2, 0.25) is 0 Å². The Morgan fingerprint density at radius 3 is 2.23 bits per heavy atom. The van der Waals surface area contributed by atoms with E-state index in [1.807, 2.05) is 6.20 Å². The van der Waals surface area contributed by atoms with E-state index >= 15 is 0 Å². The van der Waals surface area contributed by atoms with Crippen molar-refractivity contribution in [1.82, 2.24) is 15.3 Å². The van der Waals surface area contributed by atoms with Gasteiger partial charge >= 0.3 is 0 Å². The molecule has 1 N–H and O–H groups in total. The summed E-state index contributed by atoms with van der Waals surface area (Å²) in [5.41, 5.74) is 5.83.